The molecule has 2 heterocycles. The summed E-state index contributed by atoms with van der Waals surface area (Å²) in [5.41, 5.74) is 6.19. The van der Waals surface area contributed by atoms with Crippen LogP contribution in [0.1, 0.15) is 5.56 Å². The highest BCUT2D eigenvalue weighted by molar-refractivity contribution is 6.01. The van der Waals surface area contributed by atoms with E-state index in [0.717, 1.165) is 39.0 Å². The Morgan fingerprint density at radius 3 is 2.67 bits per heavy atom. The maximum Gasteiger partial charge on any atom is 0.250 e. The van der Waals surface area contributed by atoms with Crippen LogP contribution in [0.15, 0.2) is 79.6 Å². The minimum absolute atomic E-state index is 0.163. The number of aromatic nitrogens is 2. The van der Waals surface area contributed by atoms with Gasteiger partial charge in [-0.2, -0.15) is 5.26 Å². The molecule has 0 bridgehead atoms. The van der Waals surface area contributed by atoms with Gasteiger partial charge in [0.2, 0.25) is 5.91 Å². The number of hydrogen-bond acceptors (Lipinski definition) is 3. The Kier molecular flexibility index (Phi) is 4.91. The molecule has 0 spiro atoms. The third kappa shape index (κ3) is 3.36. The van der Waals surface area contributed by atoms with E-state index < -0.39 is 0 Å². The number of aryl methyl sites for hydroxylation is 1. The van der Waals surface area contributed by atoms with Gasteiger partial charge in [-0.25, -0.2) is 4.98 Å². The first-order chi connectivity index (χ1) is 14.5. The molecule has 4 aromatic rings. The molecule has 0 unspecified atom stereocenters. The van der Waals surface area contributed by atoms with Gasteiger partial charge in [0.15, 0.2) is 0 Å². The molecule has 2 aromatic carbocycles. The predicted molar refractivity (Wildman–Crippen MR) is 120 cm³/mol. The lowest BCUT2D eigenvalue weighted by Gasteiger charge is -2.16. The zero-order valence-corrected chi connectivity index (χ0v) is 16.8. The number of benzene rings is 2. The van der Waals surface area contributed by atoms with Gasteiger partial charge in [0.25, 0.3) is 0 Å². The molecule has 0 fully saturated rings. The van der Waals surface area contributed by atoms with Gasteiger partial charge in [0.1, 0.15) is 5.65 Å². The maximum absolute atomic E-state index is 12.0. The molecule has 1 amide bonds. The maximum atomic E-state index is 12.0. The Morgan fingerprint density at radius 2 is 1.90 bits per heavy atom. The monoisotopic (exact) mass is 392 g/mol. The third-order valence-electron chi connectivity index (χ3n) is 5.19. The van der Waals surface area contributed by atoms with Crippen LogP contribution in [0.4, 0.5) is 5.69 Å². The van der Waals surface area contributed by atoms with Gasteiger partial charge in [0.05, 0.1) is 11.6 Å². The summed E-state index contributed by atoms with van der Waals surface area (Å²) in [6.45, 7) is 3.55. The first kappa shape index (κ1) is 19.2. The molecule has 0 saturated heterocycles. The SMILES string of the molecule is C=CC(=O)N(C)c1cccc(-c2cnc3c(c2)c(-c2cccc(C#N)c2)cn3C)c1. The van der Waals surface area contributed by atoms with Crippen LogP contribution in [-0.4, -0.2) is 22.5 Å². The highest BCUT2D eigenvalue weighted by atomic mass is 16.2. The van der Waals surface area contributed by atoms with Gasteiger partial charge in [-0.15, -0.1) is 0 Å². The number of carbonyl (C=O) groups excluding carboxylic acids is 1. The largest absolute Gasteiger partial charge is 0.335 e. The number of fused-ring (bicyclic) bond motifs is 1. The fraction of sp³-hybridized carbons (Fsp3) is 0.0800. The van der Waals surface area contributed by atoms with Crippen molar-refractivity contribution in [2.24, 2.45) is 7.05 Å². The summed E-state index contributed by atoms with van der Waals surface area (Å²) in [5, 5.41) is 10.3. The highest BCUT2D eigenvalue weighted by Crippen LogP contribution is 2.33. The van der Waals surface area contributed by atoms with Crippen molar-refractivity contribution in [2.45, 2.75) is 0 Å². The molecule has 5 nitrogen and oxygen atoms in total. The average molecular weight is 392 g/mol. The fourth-order valence-corrected chi connectivity index (χ4v) is 3.56. The molecule has 30 heavy (non-hydrogen) atoms. The molecule has 0 N–H and O–H groups in total. The Hall–Kier alpha value is -4.17. The number of likely N-dealkylation sites (N-methyl/N-ethyl adjacent to an activating group) is 1. The molecule has 4 rings (SSSR count). The summed E-state index contributed by atoms with van der Waals surface area (Å²) in [5.74, 6) is -0.163. The Balaban J connectivity index is 1.84. The van der Waals surface area contributed by atoms with Crippen molar-refractivity contribution >= 4 is 22.6 Å². The zero-order valence-electron chi connectivity index (χ0n) is 16.8. The van der Waals surface area contributed by atoms with E-state index in [-0.39, 0.29) is 5.91 Å². The van der Waals surface area contributed by atoms with E-state index in [2.05, 4.69) is 23.7 Å². The van der Waals surface area contributed by atoms with E-state index >= 15 is 0 Å². The molecule has 2 aromatic heterocycles. The van der Waals surface area contributed by atoms with Crippen LogP contribution in [-0.2, 0) is 11.8 Å². The lowest BCUT2D eigenvalue weighted by molar-refractivity contribution is -0.113. The van der Waals surface area contributed by atoms with Crippen LogP contribution >= 0.6 is 0 Å². The lowest BCUT2D eigenvalue weighted by atomic mass is 10.0. The molecule has 146 valence electrons. The van der Waals surface area contributed by atoms with Gasteiger partial charge >= 0.3 is 0 Å². The summed E-state index contributed by atoms with van der Waals surface area (Å²) >= 11 is 0. The normalized spacial score (nSPS) is 10.6. The second-order valence-electron chi connectivity index (χ2n) is 7.09. The number of anilines is 1. The van der Waals surface area contributed by atoms with E-state index in [1.165, 1.54) is 6.08 Å². The Morgan fingerprint density at radius 1 is 1.13 bits per heavy atom. The Bertz CT molecular complexity index is 1330. The molecule has 0 aliphatic carbocycles. The number of rotatable bonds is 4. The van der Waals surface area contributed by atoms with Crippen LogP contribution in [0.2, 0.25) is 0 Å². The van der Waals surface area contributed by atoms with Crippen molar-refractivity contribution in [3.63, 3.8) is 0 Å². The van der Waals surface area contributed by atoms with Crippen molar-refractivity contribution < 1.29 is 4.79 Å². The predicted octanol–water partition coefficient (Wildman–Crippen LogP) is 4.93. The number of hydrogen-bond donors (Lipinski definition) is 0. The first-order valence-corrected chi connectivity index (χ1v) is 9.48. The molecule has 0 saturated carbocycles. The second kappa shape index (κ2) is 7.69. The van der Waals surface area contributed by atoms with Crippen molar-refractivity contribution in [3.05, 3.63) is 85.2 Å². The van der Waals surface area contributed by atoms with Crippen LogP contribution in [0.25, 0.3) is 33.3 Å². The molecular formula is C25H20N4O. The fourth-order valence-electron chi connectivity index (χ4n) is 3.56. The molecular weight excluding hydrogens is 372 g/mol. The van der Waals surface area contributed by atoms with Crippen molar-refractivity contribution in [1.82, 2.24) is 9.55 Å². The molecule has 5 heteroatoms. The summed E-state index contributed by atoms with van der Waals surface area (Å²) in [6, 6.07) is 19.6. The minimum Gasteiger partial charge on any atom is -0.335 e. The third-order valence-corrected chi connectivity index (χ3v) is 5.19. The standard InChI is InChI=1S/C25H20N4O/c1-4-24(30)29(3)21-10-6-8-18(12-21)20-13-22-23(16-28(2)25(22)27-15-20)19-9-5-7-17(11-19)14-26/h4-13,15-16H,1H2,2-3H3. The number of pyridine rings is 1. The summed E-state index contributed by atoms with van der Waals surface area (Å²) in [7, 11) is 3.69. The number of nitriles is 1. The number of amides is 1. The smallest absolute Gasteiger partial charge is 0.250 e. The molecule has 0 atom stereocenters. The molecule has 0 aliphatic rings. The Labute approximate surface area is 175 Å². The minimum atomic E-state index is -0.163. The van der Waals surface area contributed by atoms with Crippen LogP contribution in [0.3, 0.4) is 0 Å². The summed E-state index contributed by atoms with van der Waals surface area (Å²) in [4.78, 5) is 18.2. The van der Waals surface area contributed by atoms with Crippen molar-refractivity contribution in [3.8, 4) is 28.3 Å². The van der Waals surface area contributed by atoms with E-state index in [1.54, 1.807) is 18.0 Å². The van der Waals surface area contributed by atoms with Gasteiger partial charge in [-0.1, -0.05) is 30.8 Å². The van der Waals surface area contributed by atoms with Crippen LogP contribution in [0, 0.1) is 11.3 Å². The van der Waals surface area contributed by atoms with E-state index in [0.29, 0.717) is 5.56 Å². The first-order valence-electron chi connectivity index (χ1n) is 9.48. The zero-order chi connectivity index (χ0) is 21.3. The molecule has 0 radical (unpaired) electrons. The van der Waals surface area contributed by atoms with Gasteiger partial charge in [-0.3, -0.25) is 4.79 Å². The van der Waals surface area contributed by atoms with Crippen molar-refractivity contribution in [1.29, 1.82) is 5.26 Å². The van der Waals surface area contributed by atoms with E-state index in [9.17, 15) is 10.1 Å². The van der Waals surface area contributed by atoms with Crippen LogP contribution < -0.4 is 4.90 Å². The van der Waals surface area contributed by atoms with Crippen molar-refractivity contribution in [2.75, 3.05) is 11.9 Å². The van der Waals surface area contributed by atoms with Gasteiger partial charge in [0, 0.05) is 48.7 Å². The van der Waals surface area contributed by atoms with Crippen LogP contribution in [0.5, 0.6) is 0 Å². The number of nitrogens with zero attached hydrogens (tertiary/aromatic N) is 4. The quantitative estimate of drug-likeness (QED) is 0.463. The number of carbonyl (C=O) groups is 1. The van der Waals surface area contributed by atoms with Gasteiger partial charge in [-0.05, 0) is 47.5 Å². The molecule has 0 aliphatic heterocycles. The topological polar surface area (TPSA) is 61.9 Å². The lowest BCUT2D eigenvalue weighted by Crippen LogP contribution is -2.23. The second-order valence-corrected chi connectivity index (χ2v) is 7.09. The van der Waals surface area contributed by atoms with Gasteiger partial charge < -0.3 is 9.47 Å². The highest BCUT2D eigenvalue weighted by Gasteiger charge is 2.13. The van der Waals surface area contributed by atoms with E-state index in [1.807, 2.05) is 66.5 Å². The summed E-state index contributed by atoms with van der Waals surface area (Å²) in [6.07, 6.45) is 5.17. The average Bonchev–Trinajstić information content (AvgIpc) is 3.14. The van der Waals surface area contributed by atoms with E-state index in [4.69, 9.17) is 0 Å². The summed E-state index contributed by atoms with van der Waals surface area (Å²) < 4.78 is 1.99.